The van der Waals surface area contributed by atoms with E-state index in [0.29, 0.717) is 0 Å². The first-order chi connectivity index (χ1) is 5.15. The third kappa shape index (κ3) is 1.68. The highest BCUT2D eigenvalue weighted by Gasteiger charge is 2.35. The van der Waals surface area contributed by atoms with Gasteiger partial charge in [0.05, 0.1) is 31.3 Å². The third-order valence-corrected chi connectivity index (χ3v) is 1.74. The molecule has 0 aliphatic carbocycles. The zero-order valence-corrected chi connectivity index (χ0v) is 5.90. The van der Waals surface area contributed by atoms with Crippen molar-refractivity contribution >= 4 is 5.91 Å². The molecule has 3 atom stereocenters. The summed E-state index contributed by atoms with van der Waals surface area (Å²) in [6.45, 7) is -0.456. The zero-order valence-electron chi connectivity index (χ0n) is 5.90. The second-order valence-corrected chi connectivity index (χ2v) is 2.61. The number of hydrogen-bond donors (Lipinski definition) is 4. The topological polar surface area (TPSA) is 89.8 Å². The van der Waals surface area contributed by atoms with Gasteiger partial charge in [0.2, 0.25) is 5.91 Å². The summed E-state index contributed by atoms with van der Waals surface area (Å²) in [5.41, 5.74) is 0. The van der Waals surface area contributed by atoms with E-state index in [0.717, 1.165) is 0 Å². The van der Waals surface area contributed by atoms with Gasteiger partial charge in [-0.15, -0.1) is 0 Å². The van der Waals surface area contributed by atoms with Crippen molar-refractivity contribution < 1.29 is 20.1 Å². The van der Waals surface area contributed by atoms with Crippen LogP contribution in [0.5, 0.6) is 0 Å². The average molecular weight is 161 g/mol. The molecule has 0 spiro atoms. The minimum atomic E-state index is -1.07. The van der Waals surface area contributed by atoms with Gasteiger partial charge in [0, 0.05) is 0 Å². The van der Waals surface area contributed by atoms with Gasteiger partial charge in [-0.1, -0.05) is 0 Å². The molecule has 0 aromatic rings. The monoisotopic (exact) mass is 161 g/mol. The van der Waals surface area contributed by atoms with Crippen LogP contribution >= 0.6 is 0 Å². The Kier molecular flexibility index (Phi) is 2.43. The molecule has 1 aliphatic rings. The van der Waals surface area contributed by atoms with Gasteiger partial charge >= 0.3 is 0 Å². The molecule has 5 heteroatoms. The number of amides is 1. The molecule has 1 saturated heterocycles. The lowest BCUT2D eigenvalue weighted by Crippen LogP contribution is -2.44. The fourth-order valence-corrected chi connectivity index (χ4v) is 1.12. The second kappa shape index (κ2) is 3.17. The SMILES string of the molecule is O=C1CC(O)C(C(O)CO)N1. The van der Waals surface area contributed by atoms with Crippen LogP contribution in [0, 0.1) is 0 Å². The van der Waals surface area contributed by atoms with Gasteiger partial charge < -0.3 is 20.6 Å². The van der Waals surface area contributed by atoms with Crippen LogP contribution in [0.1, 0.15) is 6.42 Å². The van der Waals surface area contributed by atoms with Gasteiger partial charge in [-0.3, -0.25) is 4.79 Å². The van der Waals surface area contributed by atoms with Crippen LogP contribution in [0.2, 0.25) is 0 Å². The van der Waals surface area contributed by atoms with E-state index in [1.807, 2.05) is 0 Å². The summed E-state index contributed by atoms with van der Waals surface area (Å²) >= 11 is 0. The normalized spacial score (nSPS) is 33.5. The average Bonchev–Trinajstić information content (AvgIpc) is 2.28. The van der Waals surface area contributed by atoms with Gasteiger partial charge in [-0.2, -0.15) is 0 Å². The summed E-state index contributed by atoms with van der Waals surface area (Å²) in [6, 6.07) is -0.715. The molecular weight excluding hydrogens is 150 g/mol. The molecule has 11 heavy (non-hydrogen) atoms. The first-order valence-electron chi connectivity index (χ1n) is 3.41. The summed E-state index contributed by atoms with van der Waals surface area (Å²) in [7, 11) is 0. The number of aliphatic hydroxyl groups excluding tert-OH is 3. The Labute approximate surface area is 63.7 Å². The van der Waals surface area contributed by atoms with Gasteiger partial charge in [-0.25, -0.2) is 0 Å². The fourth-order valence-electron chi connectivity index (χ4n) is 1.12. The van der Waals surface area contributed by atoms with E-state index in [1.54, 1.807) is 0 Å². The Morgan fingerprint density at radius 2 is 2.36 bits per heavy atom. The Bertz CT molecular complexity index is 161. The van der Waals surface area contributed by atoms with Gasteiger partial charge in [-0.05, 0) is 0 Å². The standard InChI is InChI=1S/C6H11NO4/c8-2-4(10)6-3(9)1-5(11)7-6/h3-4,6,8-10H,1-2H2,(H,7,11). The maximum Gasteiger partial charge on any atom is 0.223 e. The number of carbonyl (C=O) groups excluding carboxylic acids is 1. The maximum absolute atomic E-state index is 10.6. The van der Waals surface area contributed by atoms with E-state index in [9.17, 15) is 4.79 Å². The first kappa shape index (κ1) is 8.45. The van der Waals surface area contributed by atoms with E-state index < -0.39 is 24.9 Å². The van der Waals surface area contributed by atoms with Crippen molar-refractivity contribution in [2.75, 3.05) is 6.61 Å². The number of aliphatic hydroxyl groups is 3. The Hall–Kier alpha value is -0.650. The zero-order chi connectivity index (χ0) is 8.43. The van der Waals surface area contributed by atoms with Crippen LogP contribution in [0.3, 0.4) is 0 Å². The van der Waals surface area contributed by atoms with E-state index in [4.69, 9.17) is 15.3 Å². The summed E-state index contributed by atoms with van der Waals surface area (Å²) in [6.07, 6.45) is -1.96. The highest BCUT2D eigenvalue weighted by Crippen LogP contribution is 2.10. The van der Waals surface area contributed by atoms with Crippen LogP contribution in [0.15, 0.2) is 0 Å². The van der Waals surface area contributed by atoms with Crippen molar-refractivity contribution in [3.05, 3.63) is 0 Å². The lowest BCUT2D eigenvalue weighted by atomic mass is 10.1. The summed E-state index contributed by atoms with van der Waals surface area (Å²) in [5, 5.41) is 29.0. The predicted octanol–water partition coefficient (Wildman–Crippen LogP) is -2.41. The van der Waals surface area contributed by atoms with Gasteiger partial charge in [0.1, 0.15) is 0 Å². The maximum atomic E-state index is 10.6. The largest absolute Gasteiger partial charge is 0.394 e. The minimum absolute atomic E-state index is 0.00171. The van der Waals surface area contributed by atoms with E-state index in [1.165, 1.54) is 0 Å². The summed E-state index contributed by atoms with van der Waals surface area (Å²) in [5.74, 6) is -0.296. The molecule has 0 radical (unpaired) electrons. The number of carbonyl (C=O) groups is 1. The molecule has 1 rings (SSSR count). The van der Waals surface area contributed by atoms with Crippen molar-refractivity contribution in [3.63, 3.8) is 0 Å². The molecule has 0 aromatic heterocycles. The van der Waals surface area contributed by atoms with Crippen molar-refractivity contribution in [2.45, 2.75) is 24.7 Å². The van der Waals surface area contributed by atoms with E-state index in [2.05, 4.69) is 5.32 Å². The second-order valence-electron chi connectivity index (χ2n) is 2.61. The quantitative estimate of drug-likeness (QED) is 0.363. The summed E-state index contributed by atoms with van der Waals surface area (Å²) < 4.78 is 0. The highest BCUT2D eigenvalue weighted by molar-refractivity contribution is 5.79. The van der Waals surface area contributed by atoms with Crippen LogP contribution in [0.25, 0.3) is 0 Å². The molecule has 1 fully saturated rings. The lowest BCUT2D eigenvalue weighted by Gasteiger charge is -2.18. The minimum Gasteiger partial charge on any atom is -0.394 e. The van der Waals surface area contributed by atoms with Crippen LogP contribution in [0.4, 0.5) is 0 Å². The molecule has 4 N–H and O–H groups in total. The first-order valence-corrected chi connectivity index (χ1v) is 3.41. The highest BCUT2D eigenvalue weighted by atomic mass is 16.3. The van der Waals surface area contributed by atoms with Crippen LogP contribution < -0.4 is 5.32 Å². The molecule has 1 aliphatic heterocycles. The van der Waals surface area contributed by atoms with Crippen LogP contribution in [-0.4, -0.2) is 46.1 Å². The molecule has 0 bridgehead atoms. The molecule has 0 saturated carbocycles. The number of rotatable bonds is 2. The van der Waals surface area contributed by atoms with Crippen molar-refractivity contribution in [1.29, 1.82) is 0 Å². The molecule has 5 nitrogen and oxygen atoms in total. The number of nitrogens with one attached hydrogen (secondary N) is 1. The molecule has 1 heterocycles. The smallest absolute Gasteiger partial charge is 0.223 e. The third-order valence-electron chi connectivity index (χ3n) is 1.74. The van der Waals surface area contributed by atoms with Crippen molar-refractivity contribution in [1.82, 2.24) is 5.32 Å². The lowest BCUT2D eigenvalue weighted by molar-refractivity contribution is -0.119. The Morgan fingerprint density at radius 3 is 2.73 bits per heavy atom. The Morgan fingerprint density at radius 1 is 1.73 bits per heavy atom. The van der Waals surface area contributed by atoms with Crippen molar-refractivity contribution in [2.24, 2.45) is 0 Å². The molecule has 64 valence electrons. The van der Waals surface area contributed by atoms with Gasteiger partial charge in [0.15, 0.2) is 0 Å². The van der Waals surface area contributed by atoms with E-state index in [-0.39, 0.29) is 12.3 Å². The molecular formula is C6H11NO4. The van der Waals surface area contributed by atoms with Gasteiger partial charge in [0.25, 0.3) is 0 Å². The van der Waals surface area contributed by atoms with Crippen LogP contribution in [-0.2, 0) is 4.79 Å². The molecule has 3 unspecified atom stereocenters. The van der Waals surface area contributed by atoms with E-state index >= 15 is 0 Å². The summed E-state index contributed by atoms with van der Waals surface area (Å²) in [4.78, 5) is 10.6. The number of hydrogen-bond acceptors (Lipinski definition) is 4. The van der Waals surface area contributed by atoms with Crippen molar-refractivity contribution in [3.8, 4) is 0 Å². The molecule has 0 aromatic carbocycles. The Balaban J connectivity index is 2.52. The molecule has 1 amide bonds. The predicted molar refractivity (Wildman–Crippen MR) is 35.6 cm³/mol. The fraction of sp³-hybridized carbons (Fsp3) is 0.833.